The summed E-state index contributed by atoms with van der Waals surface area (Å²) in [6.45, 7) is 0. The number of nitrogens with one attached hydrogen (secondary N) is 3. The summed E-state index contributed by atoms with van der Waals surface area (Å²) in [5, 5.41) is 13.5. The first-order valence-electron chi connectivity index (χ1n) is 10.9. The molecule has 0 saturated heterocycles. The molecule has 5 rings (SSSR count). The maximum Gasteiger partial charge on any atom is 0.274 e. The van der Waals surface area contributed by atoms with Gasteiger partial charge in [-0.1, -0.05) is 0 Å². The summed E-state index contributed by atoms with van der Waals surface area (Å²) in [6, 6.07) is 5.28. The van der Waals surface area contributed by atoms with E-state index >= 15 is 0 Å². The van der Waals surface area contributed by atoms with Gasteiger partial charge in [-0.15, -0.1) is 0 Å². The summed E-state index contributed by atoms with van der Waals surface area (Å²) < 4.78 is 14.0. The predicted molar refractivity (Wildman–Crippen MR) is 122 cm³/mol. The first-order valence-corrected chi connectivity index (χ1v) is 10.9. The maximum absolute atomic E-state index is 13.0. The Labute approximate surface area is 190 Å². The van der Waals surface area contributed by atoms with Gasteiger partial charge in [-0.3, -0.25) is 9.59 Å². The lowest BCUT2D eigenvalue weighted by Crippen LogP contribution is -2.51. The molecule has 3 N–H and O–H groups in total. The second-order valence-electron chi connectivity index (χ2n) is 8.34. The molecule has 0 bridgehead atoms. The van der Waals surface area contributed by atoms with Crippen LogP contribution in [0.15, 0.2) is 35.4 Å². The number of hydrogen-bond acceptors (Lipinski definition) is 8. The van der Waals surface area contributed by atoms with Gasteiger partial charge < -0.3 is 30.0 Å². The van der Waals surface area contributed by atoms with Crippen LogP contribution in [0.5, 0.6) is 0 Å². The maximum atomic E-state index is 13.0. The van der Waals surface area contributed by atoms with Crippen LogP contribution in [-0.4, -0.2) is 64.6 Å². The van der Waals surface area contributed by atoms with Crippen molar-refractivity contribution in [3.8, 4) is 0 Å². The molecule has 11 heteroatoms. The van der Waals surface area contributed by atoms with E-state index in [1.807, 2.05) is 6.07 Å². The largest absolute Gasteiger partial charge is 0.379 e. The van der Waals surface area contributed by atoms with Gasteiger partial charge in [0.05, 0.1) is 30.5 Å². The van der Waals surface area contributed by atoms with E-state index in [4.69, 9.17) is 9.47 Å². The van der Waals surface area contributed by atoms with Gasteiger partial charge in [0, 0.05) is 33.5 Å². The van der Waals surface area contributed by atoms with E-state index in [9.17, 15) is 9.59 Å². The molecule has 0 unspecified atom stereocenters. The van der Waals surface area contributed by atoms with Crippen molar-refractivity contribution in [3.63, 3.8) is 0 Å². The number of carbonyl (C=O) groups excluding carboxylic acids is 1. The second-order valence-corrected chi connectivity index (χ2v) is 8.34. The van der Waals surface area contributed by atoms with Crippen LogP contribution in [0.3, 0.4) is 0 Å². The van der Waals surface area contributed by atoms with E-state index in [1.165, 1.54) is 6.20 Å². The van der Waals surface area contributed by atoms with Crippen LogP contribution < -0.4 is 21.5 Å². The van der Waals surface area contributed by atoms with Gasteiger partial charge in [0.1, 0.15) is 22.9 Å². The molecule has 2 aliphatic carbocycles. The number of hydrogen-bond donors (Lipinski definition) is 3. The average molecular weight is 454 g/mol. The minimum atomic E-state index is -0.259. The number of nitrogens with zero attached hydrogens (tertiary/aromatic N) is 4. The molecule has 4 atom stereocenters. The standard InChI is InChI=1S/C22H27N7O4/c1-23-19-10-18(25-14-5-4-8-28(22(14)31)15-9-17(15)33-3)27-20-12(11-24-29(19)20)21(30)26-13-6-7-16(13)32-2/h4-5,8,10-11,13,15-17,23H,6-7,9H2,1-3H3,(H,25,27)(H,26,30)/t13-,15+,16-,17+/m1/s1. The Hall–Kier alpha value is -3.44. The minimum absolute atomic E-state index is 0.0244. The number of anilines is 3. The zero-order valence-electron chi connectivity index (χ0n) is 18.7. The Morgan fingerprint density at radius 3 is 2.70 bits per heavy atom. The molecular formula is C22H27N7O4. The van der Waals surface area contributed by atoms with Crippen LogP contribution in [0.2, 0.25) is 0 Å². The highest BCUT2D eigenvalue weighted by atomic mass is 16.5. The number of carbonyl (C=O) groups is 1. The molecule has 2 aliphatic rings. The van der Waals surface area contributed by atoms with Crippen molar-refractivity contribution in [1.29, 1.82) is 0 Å². The number of ether oxygens (including phenoxy) is 2. The van der Waals surface area contributed by atoms with Gasteiger partial charge in [-0.25, -0.2) is 4.98 Å². The SMILES string of the molecule is CNc1cc(Nc2cccn([C@H]3C[C@@H]3OC)c2=O)nc2c(C(=O)N[C@@H]3CC[C@H]3OC)cnn12. The second kappa shape index (κ2) is 8.49. The lowest BCUT2D eigenvalue weighted by Gasteiger charge is -2.35. The van der Waals surface area contributed by atoms with Gasteiger partial charge in [0.2, 0.25) is 0 Å². The van der Waals surface area contributed by atoms with E-state index in [0.717, 1.165) is 19.3 Å². The lowest BCUT2D eigenvalue weighted by atomic mass is 9.89. The highest BCUT2D eigenvalue weighted by molar-refractivity contribution is 6.00. The first kappa shape index (κ1) is 21.4. The lowest BCUT2D eigenvalue weighted by molar-refractivity contribution is 0.00732. The summed E-state index contributed by atoms with van der Waals surface area (Å²) >= 11 is 0. The zero-order chi connectivity index (χ0) is 23.1. The van der Waals surface area contributed by atoms with Gasteiger partial charge in [-0.05, 0) is 31.4 Å². The predicted octanol–water partition coefficient (Wildman–Crippen LogP) is 1.54. The van der Waals surface area contributed by atoms with Crippen molar-refractivity contribution in [3.05, 3.63) is 46.5 Å². The van der Waals surface area contributed by atoms with Gasteiger partial charge in [0.15, 0.2) is 5.65 Å². The van der Waals surface area contributed by atoms with Crippen molar-refractivity contribution in [2.75, 3.05) is 31.9 Å². The molecule has 2 fully saturated rings. The van der Waals surface area contributed by atoms with Crippen molar-refractivity contribution in [2.45, 2.75) is 43.6 Å². The molecule has 0 spiro atoms. The van der Waals surface area contributed by atoms with Crippen molar-refractivity contribution < 1.29 is 14.3 Å². The van der Waals surface area contributed by atoms with Crippen LogP contribution in [0.25, 0.3) is 5.65 Å². The fourth-order valence-electron chi connectivity index (χ4n) is 4.24. The third-order valence-corrected chi connectivity index (χ3v) is 6.40. The molecule has 2 saturated carbocycles. The molecule has 3 heterocycles. The molecule has 3 aromatic heterocycles. The molecule has 3 aromatic rings. The van der Waals surface area contributed by atoms with E-state index < -0.39 is 0 Å². The van der Waals surface area contributed by atoms with Gasteiger partial charge in [0.25, 0.3) is 11.5 Å². The summed E-state index contributed by atoms with van der Waals surface area (Å²) in [7, 11) is 5.05. The van der Waals surface area contributed by atoms with Gasteiger partial charge >= 0.3 is 0 Å². The number of methoxy groups -OCH3 is 2. The Morgan fingerprint density at radius 1 is 1.21 bits per heavy atom. The van der Waals surface area contributed by atoms with E-state index in [1.54, 1.807) is 48.7 Å². The summed E-state index contributed by atoms with van der Waals surface area (Å²) in [5.74, 6) is 0.788. The Kier molecular flexibility index (Phi) is 5.51. The van der Waals surface area contributed by atoms with Crippen LogP contribution in [0, 0.1) is 0 Å². The third kappa shape index (κ3) is 3.83. The van der Waals surface area contributed by atoms with Crippen molar-refractivity contribution >= 4 is 28.9 Å². The van der Waals surface area contributed by atoms with E-state index in [2.05, 4.69) is 26.0 Å². The van der Waals surface area contributed by atoms with Crippen molar-refractivity contribution in [2.24, 2.45) is 0 Å². The highest BCUT2D eigenvalue weighted by Crippen LogP contribution is 2.37. The van der Waals surface area contributed by atoms with Gasteiger partial charge in [-0.2, -0.15) is 9.61 Å². The molecule has 174 valence electrons. The Morgan fingerprint density at radius 2 is 2.03 bits per heavy atom. The fraction of sp³-hybridized carbons (Fsp3) is 0.455. The highest BCUT2D eigenvalue weighted by Gasteiger charge is 2.39. The first-order chi connectivity index (χ1) is 16.0. The monoisotopic (exact) mass is 453 g/mol. The minimum Gasteiger partial charge on any atom is -0.379 e. The number of aromatic nitrogens is 4. The summed E-state index contributed by atoms with van der Waals surface area (Å²) in [6.07, 6.45) is 5.95. The normalized spacial score (nSPS) is 23.7. The summed E-state index contributed by atoms with van der Waals surface area (Å²) in [4.78, 5) is 30.5. The zero-order valence-corrected chi connectivity index (χ0v) is 18.7. The molecule has 11 nitrogen and oxygen atoms in total. The molecular weight excluding hydrogens is 426 g/mol. The number of rotatable bonds is 8. The van der Waals surface area contributed by atoms with E-state index in [-0.39, 0.29) is 35.8 Å². The third-order valence-electron chi connectivity index (χ3n) is 6.40. The average Bonchev–Trinajstić information content (AvgIpc) is 3.47. The van der Waals surface area contributed by atoms with Crippen LogP contribution in [0.4, 0.5) is 17.3 Å². The Bertz CT molecular complexity index is 1250. The molecule has 0 aromatic carbocycles. The van der Waals surface area contributed by atoms with Crippen molar-refractivity contribution in [1.82, 2.24) is 24.5 Å². The smallest absolute Gasteiger partial charge is 0.274 e. The fourth-order valence-corrected chi connectivity index (χ4v) is 4.24. The quantitative estimate of drug-likeness (QED) is 0.469. The number of amides is 1. The number of fused-ring (bicyclic) bond motifs is 1. The number of pyridine rings is 1. The molecule has 1 amide bonds. The van der Waals surface area contributed by atoms with Crippen LogP contribution in [0.1, 0.15) is 35.7 Å². The topological polar surface area (TPSA) is 124 Å². The van der Waals surface area contributed by atoms with E-state index in [0.29, 0.717) is 28.5 Å². The summed E-state index contributed by atoms with van der Waals surface area (Å²) in [5.41, 5.74) is 0.967. The Balaban J connectivity index is 1.45. The molecule has 0 aliphatic heterocycles. The van der Waals surface area contributed by atoms with Crippen LogP contribution >= 0.6 is 0 Å². The molecule has 33 heavy (non-hydrogen) atoms. The molecule has 0 radical (unpaired) electrons. The van der Waals surface area contributed by atoms with Crippen LogP contribution in [-0.2, 0) is 9.47 Å².